The molecule has 0 amide bonds. The zero-order valence-electron chi connectivity index (χ0n) is 10.6. The largest absolute Gasteiger partial charge is 0.355 e. The van der Waals surface area contributed by atoms with Crippen LogP contribution in [0.25, 0.3) is 0 Å². The van der Waals surface area contributed by atoms with E-state index in [1.807, 2.05) is 18.5 Å². The van der Waals surface area contributed by atoms with Gasteiger partial charge in [0.2, 0.25) is 5.95 Å². The molecule has 0 bridgehead atoms. The first-order valence-corrected chi connectivity index (χ1v) is 6.34. The van der Waals surface area contributed by atoms with Crippen molar-refractivity contribution in [1.29, 1.82) is 0 Å². The van der Waals surface area contributed by atoms with Crippen molar-refractivity contribution in [2.24, 2.45) is 5.92 Å². The Morgan fingerprint density at radius 2 is 2.53 bits per heavy atom. The van der Waals surface area contributed by atoms with Gasteiger partial charge >= 0.3 is 0 Å². The smallest absolute Gasteiger partial charge is 0.203 e. The SMILES string of the molecule is C=CCn1ccnc1NCC1CCCN(C)C1. The Morgan fingerprint density at radius 1 is 1.65 bits per heavy atom. The van der Waals surface area contributed by atoms with Crippen LogP contribution in [-0.2, 0) is 6.54 Å². The van der Waals surface area contributed by atoms with E-state index in [-0.39, 0.29) is 0 Å². The second-order valence-electron chi connectivity index (χ2n) is 4.84. The summed E-state index contributed by atoms with van der Waals surface area (Å²) in [4.78, 5) is 6.74. The molecule has 1 saturated heterocycles. The summed E-state index contributed by atoms with van der Waals surface area (Å²) >= 11 is 0. The van der Waals surface area contributed by atoms with Gasteiger partial charge in [0.05, 0.1) is 0 Å². The molecular weight excluding hydrogens is 212 g/mol. The van der Waals surface area contributed by atoms with Gasteiger partial charge in [-0.15, -0.1) is 6.58 Å². The van der Waals surface area contributed by atoms with Crippen LogP contribution in [0.4, 0.5) is 5.95 Å². The van der Waals surface area contributed by atoms with Crippen LogP contribution in [0, 0.1) is 5.92 Å². The third kappa shape index (κ3) is 3.33. The normalized spacial score (nSPS) is 21.4. The topological polar surface area (TPSA) is 33.1 Å². The molecule has 0 aliphatic carbocycles. The van der Waals surface area contributed by atoms with Gasteiger partial charge in [0.1, 0.15) is 0 Å². The second kappa shape index (κ2) is 5.87. The molecule has 0 spiro atoms. The van der Waals surface area contributed by atoms with Crippen LogP contribution in [0.1, 0.15) is 12.8 Å². The Kier molecular flexibility index (Phi) is 4.20. The van der Waals surface area contributed by atoms with Crippen molar-refractivity contribution in [3.63, 3.8) is 0 Å². The molecule has 1 N–H and O–H groups in total. The number of likely N-dealkylation sites (tertiary alicyclic amines) is 1. The maximum atomic E-state index is 4.33. The molecule has 1 unspecified atom stereocenters. The molecule has 0 radical (unpaired) electrons. The lowest BCUT2D eigenvalue weighted by molar-refractivity contribution is 0.217. The van der Waals surface area contributed by atoms with Crippen molar-refractivity contribution in [2.45, 2.75) is 19.4 Å². The van der Waals surface area contributed by atoms with Crippen LogP contribution in [0.2, 0.25) is 0 Å². The van der Waals surface area contributed by atoms with Crippen LogP contribution in [0.15, 0.2) is 25.0 Å². The quantitative estimate of drug-likeness (QED) is 0.789. The van der Waals surface area contributed by atoms with Gasteiger partial charge in [-0.3, -0.25) is 0 Å². The number of imidazole rings is 1. The molecule has 0 aromatic carbocycles. The number of hydrogen-bond acceptors (Lipinski definition) is 3. The predicted octanol–water partition coefficient (Wildman–Crippen LogP) is 1.82. The summed E-state index contributed by atoms with van der Waals surface area (Å²) in [7, 11) is 2.20. The summed E-state index contributed by atoms with van der Waals surface area (Å²) in [5.74, 6) is 1.70. The van der Waals surface area contributed by atoms with E-state index in [9.17, 15) is 0 Å². The number of piperidine rings is 1. The van der Waals surface area contributed by atoms with E-state index >= 15 is 0 Å². The average molecular weight is 234 g/mol. The maximum Gasteiger partial charge on any atom is 0.203 e. The molecule has 4 heteroatoms. The highest BCUT2D eigenvalue weighted by Gasteiger charge is 2.17. The fourth-order valence-corrected chi connectivity index (χ4v) is 2.44. The number of hydrogen-bond donors (Lipinski definition) is 1. The fraction of sp³-hybridized carbons (Fsp3) is 0.615. The third-order valence-corrected chi connectivity index (χ3v) is 3.31. The molecule has 1 aromatic heterocycles. The molecular formula is C13H22N4. The first-order valence-electron chi connectivity index (χ1n) is 6.34. The molecule has 0 saturated carbocycles. The molecule has 1 fully saturated rings. The standard InChI is InChI=1S/C13H22N4/c1-3-7-17-9-6-14-13(17)15-10-12-5-4-8-16(2)11-12/h3,6,9,12H,1,4-5,7-8,10-11H2,2H3,(H,14,15). The molecule has 2 heterocycles. The van der Waals surface area contributed by atoms with Gasteiger partial charge in [0.15, 0.2) is 0 Å². The number of nitrogens with one attached hydrogen (secondary N) is 1. The summed E-state index contributed by atoms with van der Waals surface area (Å²) in [6.07, 6.45) is 8.33. The Morgan fingerprint density at radius 3 is 3.29 bits per heavy atom. The van der Waals surface area contributed by atoms with E-state index in [0.29, 0.717) is 0 Å². The third-order valence-electron chi connectivity index (χ3n) is 3.31. The second-order valence-corrected chi connectivity index (χ2v) is 4.84. The summed E-state index contributed by atoms with van der Waals surface area (Å²) in [6.45, 7) is 8.01. The van der Waals surface area contributed by atoms with Gasteiger partial charge < -0.3 is 14.8 Å². The van der Waals surface area contributed by atoms with Gasteiger partial charge in [-0.25, -0.2) is 4.98 Å². The minimum Gasteiger partial charge on any atom is -0.355 e. The van der Waals surface area contributed by atoms with Crippen molar-refractivity contribution in [3.8, 4) is 0 Å². The molecule has 2 rings (SSSR count). The predicted molar refractivity (Wildman–Crippen MR) is 71.1 cm³/mol. The Hall–Kier alpha value is -1.29. The summed E-state index contributed by atoms with van der Waals surface area (Å²) < 4.78 is 2.08. The van der Waals surface area contributed by atoms with E-state index in [1.54, 1.807) is 0 Å². The maximum absolute atomic E-state index is 4.33. The van der Waals surface area contributed by atoms with Gasteiger partial charge in [-0.1, -0.05) is 6.08 Å². The average Bonchev–Trinajstić information content (AvgIpc) is 2.75. The summed E-state index contributed by atoms with van der Waals surface area (Å²) in [6, 6.07) is 0. The first kappa shape index (κ1) is 12.2. The zero-order valence-corrected chi connectivity index (χ0v) is 10.6. The summed E-state index contributed by atoms with van der Waals surface area (Å²) in [5, 5.41) is 3.45. The minimum absolute atomic E-state index is 0.739. The van der Waals surface area contributed by atoms with Crippen molar-refractivity contribution in [3.05, 3.63) is 25.0 Å². The van der Waals surface area contributed by atoms with Crippen LogP contribution >= 0.6 is 0 Å². The highest BCUT2D eigenvalue weighted by molar-refractivity contribution is 5.26. The lowest BCUT2D eigenvalue weighted by Crippen LogP contribution is -2.35. The number of nitrogens with zero attached hydrogens (tertiary/aromatic N) is 3. The lowest BCUT2D eigenvalue weighted by Gasteiger charge is -2.29. The van der Waals surface area contributed by atoms with Crippen molar-refractivity contribution >= 4 is 5.95 Å². The number of rotatable bonds is 5. The van der Waals surface area contributed by atoms with E-state index < -0.39 is 0 Å². The molecule has 4 nitrogen and oxygen atoms in total. The van der Waals surface area contributed by atoms with Crippen molar-refractivity contribution in [2.75, 3.05) is 32.0 Å². The molecule has 94 valence electrons. The number of aromatic nitrogens is 2. The van der Waals surface area contributed by atoms with Gasteiger partial charge in [0, 0.05) is 32.0 Å². The lowest BCUT2D eigenvalue weighted by atomic mass is 9.99. The van der Waals surface area contributed by atoms with E-state index in [4.69, 9.17) is 0 Å². The minimum atomic E-state index is 0.739. The van der Waals surface area contributed by atoms with Crippen LogP contribution in [-0.4, -0.2) is 41.1 Å². The Balaban J connectivity index is 1.84. The molecule has 1 atom stereocenters. The van der Waals surface area contributed by atoms with Crippen molar-refractivity contribution in [1.82, 2.24) is 14.5 Å². The van der Waals surface area contributed by atoms with Crippen LogP contribution in [0.3, 0.4) is 0 Å². The highest BCUT2D eigenvalue weighted by atomic mass is 15.2. The molecule has 1 aliphatic rings. The van der Waals surface area contributed by atoms with Gasteiger partial charge in [-0.05, 0) is 32.4 Å². The van der Waals surface area contributed by atoms with Gasteiger partial charge in [-0.2, -0.15) is 0 Å². The summed E-state index contributed by atoms with van der Waals surface area (Å²) in [5.41, 5.74) is 0. The van der Waals surface area contributed by atoms with Crippen LogP contribution in [0.5, 0.6) is 0 Å². The van der Waals surface area contributed by atoms with Gasteiger partial charge in [0.25, 0.3) is 0 Å². The molecule has 17 heavy (non-hydrogen) atoms. The Labute approximate surface area is 103 Å². The number of anilines is 1. The monoisotopic (exact) mass is 234 g/mol. The fourth-order valence-electron chi connectivity index (χ4n) is 2.44. The first-order chi connectivity index (χ1) is 8.29. The molecule has 1 aromatic rings. The van der Waals surface area contributed by atoms with E-state index in [2.05, 4.69) is 33.4 Å². The number of allylic oxidation sites excluding steroid dienone is 1. The highest BCUT2D eigenvalue weighted by Crippen LogP contribution is 2.15. The van der Waals surface area contributed by atoms with Crippen molar-refractivity contribution < 1.29 is 0 Å². The molecule has 1 aliphatic heterocycles. The van der Waals surface area contributed by atoms with E-state index in [0.717, 1.165) is 25.0 Å². The Bertz CT molecular complexity index is 358. The van der Waals surface area contributed by atoms with E-state index in [1.165, 1.54) is 25.9 Å². The zero-order chi connectivity index (χ0) is 12.1. The van der Waals surface area contributed by atoms with Crippen LogP contribution < -0.4 is 5.32 Å².